The van der Waals surface area contributed by atoms with E-state index < -0.39 is 0 Å². The van der Waals surface area contributed by atoms with E-state index >= 15 is 0 Å². The summed E-state index contributed by atoms with van der Waals surface area (Å²) < 4.78 is 6.82. The minimum atomic E-state index is 0.628. The number of hydrogen-bond donors (Lipinski definition) is 0. The van der Waals surface area contributed by atoms with Gasteiger partial charge in [0.05, 0.1) is 12.2 Å². The summed E-state index contributed by atoms with van der Waals surface area (Å²) in [7, 11) is 0. The highest BCUT2D eigenvalue weighted by Gasteiger charge is 2.60. The summed E-state index contributed by atoms with van der Waals surface area (Å²) >= 11 is 5.07. The van der Waals surface area contributed by atoms with Crippen molar-refractivity contribution in [3.63, 3.8) is 0 Å². The van der Waals surface area contributed by atoms with Crippen LogP contribution in [0.3, 0.4) is 0 Å². The molecule has 0 bridgehead atoms. The zero-order valence-corrected chi connectivity index (χ0v) is 26.8. The largest absolute Gasteiger partial charge is 0.374 e. The Kier molecular flexibility index (Phi) is 7.56. The Bertz CT molecular complexity index is 891. The van der Waals surface area contributed by atoms with E-state index in [4.69, 9.17) is 4.74 Å². The molecule has 224 valence electrons. The number of thioether (sulfide) groups is 2. The van der Waals surface area contributed by atoms with Gasteiger partial charge in [-0.25, -0.2) is 0 Å². The molecule has 3 heterocycles. The van der Waals surface area contributed by atoms with Crippen LogP contribution in [0.5, 0.6) is 0 Å². The fourth-order valence-electron chi connectivity index (χ4n) is 13.1. The average Bonchev–Trinajstić information content (AvgIpc) is 3.58. The highest BCUT2D eigenvalue weighted by molar-refractivity contribution is 8.01. The second kappa shape index (κ2) is 11.2. The molecule has 0 aromatic carbocycles. The maximum atomic E-state index is 6.82. The number of nitrogens with zero attached hydrogens (tertiary/aromatic N) is 1. The Hall–Kier alpha value is 0.620. The van der Waals surface area contributed by atoms with E-state index in [0.29, 0.717) is 12.2 Å². The standard InChI is InChI=1S/C36H57NOS2/c1-4-16-30-27(11-1)34-31(38-30)20-19-26-25-13-8-12-24(35(25)40-36(26)34)22-9-7-10-23(21-22)37-28-14-2-5-17-32(28)39-33-18-6-3-15-29(33)37/h22-36H,1-21H2. The van der Waals surface area contributed by atoms with Crippen molar-refractivity contribution in [3.8, 4) is 0 Å². The molecule has 4 heteroatoms. The summed E-state index contributed by atoms with van der Waals surface area (Å²) in [5, 5.41) is 3.88. The summed E-state index contributed by atoms with van der Waals surface area (Å²) in [6, 6.07) is 2.76. The molecule has 40 heavy (non-hydrogen) atoms. The van der Waals surface area contributed by atoms with Gasteiger partial charge < -0.3 is 4.74 Å². The predicted octanol–water partition coefficient (Wildman–Crippen LogP) is 9.10. The van der Waals surface area contributed by atoms with Crippen LogP contribution < -0.4 is 0 Å². The number of ether oxygens (including phenoxy) is 1. The van der Waals surface area contributed by atoms with Crippen molar-refractivity contribution >= 4 is 23.5 Å². The van der Waals surface area contributed by atoms with Gasteiger partial charge in [-0.05, 0) is 107 Å². The zero-order chi connectivity index (χ0) is 26.2. The van der Waals surface area contributed by atoms with Gasteiger partial charge in [-0.15, -0.1) is 0 Å². The lowest BCUT2D eigenvalue weighted by Gasteiger charge is -2.57. The first-order chi connectivity index (χ1) is 19.8. The van der Waals surface area contributed by atoms with Crippen LogP contribution in [0.4, 0.5) is 0 Å². The zero-order valence-electron chi connectivity index (χ0n) is 25.2. The quantitative estimate of drug-likeness (QED) is 0.321. The third kappa shape index (κ3) is 4.47. The fourth-order valence-corrected chi connectivity index (χ4v) is 17.6. The Balaban J connectivity index is 0.947. The minimum absolute atomic E-state index is 0.628. The Labute approximate surface area is 254 Å². The lowest BCUT2D eigenvalue weighted by Crippen LogP contribution is -2.62. The van der Waals surface area contributed by atoms with E-state index in [1.54, 1.807) is 32.1 Å². The summed E-state index contributed by atoms with van der Waals surface area (Å²) in [6.45, 7) is 0. The van der Waals surface area contributed by atoms with Crippen molar-refractivity contribution in [3.05, 3.63) is 0 Å². The normalized spacial score (nSPS) is 56.2. The Morgan fingerprint density at radius 1 is 0.475 bits per heavy atom. The maximum Gasteiger partial charge on any atom is 0.0621 e. The van der Waals surface area contributed by atoms with Gasteiger partial charge >= 0.3 is 0 Å². The molecule has 6 aliphatic carbocycles. The molecule has 9 aliphatic rings. The van der Waals surface area contributed by atoms with E-state index in [-0.39, 0.29) is 0 Å². The first kappa shape index (κ1) is 27.0. The van der Waals surface area contributed by atoms with Crippen molar-refractivity contribution < 1.29 is 4.74 Å². The molecular weight excluding hydrogens is 527 g/mol. The van der Waals surface area contributed by atoms with Crippen molar-refractivity contribution in [2.24, 2.45) is 35.5 Å². The number of rotatable bonds is 2. The molecule has 0 aromatic heterocycles. The molecule has 0 spiro atoms. The van der Waals surface area contributed by atoms with Crippen molar-refractivity contribution in [1.29, 1.82) is 0 Å². The molecule has 0 aromatic rings. The molecule has 6 saturated carbocycles. The molecule has 15 unspecified atom stereocenters. The summed E-state index contributed by atoms with van der Waals surface area (Å²) in [5.74, 6) is 5.97. The maximum absolute atomic E-state index is 6.82. The third-order valence-electron chi connectivity index (χ3n) is 14.6. The second-order valence-electron chi connectivity index (χ2n) is 16.2. The average molecular weight is 584 g/mol. The molecule has 0 amide bonds. The van der Waals surface area contributed by atoms with Gasteiger partial charge in [-0.2, -0.15) is 23.5 Å². The van der Waals surface area contributed by atoms with Crippen LogP contribution in [0.2, 0.25) is 0 Å². The minimum Gasteiger partial charge on any atom is -0.374 e. The van der Waals surface area contributed by atoms with Gasteiger partial charge in [0.2, 0.25) is 0 Å². The highest BCUT2D eigenvalue weighted by atomic mass is 32.2. The Morgan fingerprint density at radius 3 is 2.00 bits per heavy atom. The first-order valence-electron chi connectivity index (χ1n) is 18.6. The van der Waals surface area contributed by atoms with E-state index in [2.05, 4.69) is 28.4 Å². The molecule has 9 fully saturated rings. The van der Waals surface area contributed by atoms with Gasteiger partial charge in [0.1, 0.15) is 0 Å². The van der Waals surface area contributed by atoms with Gasteiger partial charge in [0.25, 0.3) is 0 Å². The first-order valence-corrected chi connectivity index (χ1v) is 20.5. The van der Waals surface area contributed by atoms with E-state index in [0.717, 1.165) is 74.6 Å². The van der Waals surface area contributed by atoms with Gasteiger partial charge in [-0.3, -0.25) is 4.90 Å². The van der Waals surface area contributed by atoms with Gasteiger partial charge in [-0.1, -0.05) is 57.8 Å². The highest BCUT2D eigenvalue weighted by Crippen LogP contribution is 2.63. The molecule has 9 rings (SSSR count). The summed E-state index contributed by atoms with van der Waals surface area (Å²) in [5.41, 5.74) is 0. The lowest BCUT2D eigenvalue weighted by molar-refractivity contribution is -0.00739. The SMILES string of the molecule is C1CCC2C(C1)OC1CCC3C4CCCC(C5CCCC(N6C7CCCCC7SC7CCCCC76)C5)C4SC3C12. The van der Waals surface area contributed by atoms with Crippen LogP contribution in [0.15, 0.2) is 0 Å². The van der Waals surface area contributed by atoms with Crippen LogP contribution in [0.25, 0.3) is 0 Å². The Morgan fingerprint density at radius 2 is 1.15 bits per heavy atom. The third-order valence-corrected chi connectivity index (χ3v) is 18.4. The van der Waals surface area contributed by atoms with Crippen LogP contribution >= 0.6 is 23.5 Å². The van der Waals surface area contributed by atoms with Crippen molar-refractivity contribution in [2.45, 2.75) is 186 Å². The van der Waals surface area contributed by atoms with Crippen LogP contribution in [-0.2, 0) is 4.74 Å². The topological polar surface area (TPSA) is 12.5 Å². The molecule has 2 nitrogen and oxygen atoms in total. The molecule has 3 aliphatic heterocycles. The molecule has 0 N–H and O–H groups in total. The van der Waals surface area contributed by atoms with E-state index in [9.17, 15) is 0 Å². The smallest absolute Gasteiger partial charge is 0.0621 e. The number of fused-ring (bicyclic) bond motifs is 9. The van der Waals surface area contributed by atoms with E-state index in [1.165, 1.54) is 103 Å². The number of hydrogen-bond acceptors (Lipinski definition) is 4. The van der Waals surface area contributed by atoms with Gasteiger partial charge in [0, 0.05) is 45.0 Å². The van der Waals surface area contributed by atoms with Crippen LogP contribution in [0, 0.1) is 35.5 Å². The van der Waals surface area contributed by atoms with Crippen LogP contribution in [0.1, 0.15) is 135 Å². The van der Waals surface area contributed by atoms with Crippen molar-refractivity contribution in [2.75, 3.05) is 0 Å². The molecular formula is C36H57NOS2. The summed E-state index contributed by atoms with van der Waals surface area (Å²) in [6.07, 6.45) is 32.9. The lowest BCUT2D eigenvalue weighted by atomic mass is 9.62. The van der Waals surface area contributed by atoms with Crippen LogP contribution in [-0.4, -0.2) is 56.2 Å². The molecule has 15 atom stereocenters. The predicted molar refractivity (Wildman–Crippen MR) is 170 cm³/mol. The molecule has 3 saturated heterocycles. The van der Waals surface area contributed by atoms with Gasteiger partial charge in [0.15, 0.2) is 0 Å². The second-order valence-corrected chi connectivity index (χ2v) is 19.1. The molecule has 0 radical (unpaired) electrons. The summed E-state index contributed by atoms with van der Waals surface area (Å²) in [4.78, 5) is 3.29. The van der Waals surface area contributed by atoms with Crippen molar-refractivity contribution in [1.82, 2.24) is 4.90 Å². The van der Waals surface area contributed by atoms with E-state index in [1.807, 2.05) is 0 Å². The monoisotopic (exact) mass is 583 g/mol. The fraction of sp³-hybridized carbons (Fsp3) is 1.00.